The second kappa shape index (κ2) is 8.09. The number of hydrogen-bond donors (Lipinski definition) is 2. The van der Waals surface area contributed by atoms with Crippen molar-refractivity contribution in [2.24, 2.45) is 0 Å². The van der Waals surface area contributed by atoms with Crippen LogP contribution in [0.1, 0.15) is 30.5 Å². The van der Waals surface area contributed by atoms with Crippen LogP contribution in [-0.2, 0) is 11.2 Å². The molecule has 0 saturated carbocycles. The Morgan fingerprint density at radius 1 is 1.38 bits per heavy atom. The Morgan fingerprint density at radius 3 is 2.90 bits per heavy atom. The van der Waals surface area contributed by atoms with Crippen molar-refractivity contribution in [3.8, 4) is 0 Å². The fourth-order valence-electron chi connectivity index (χ4n) is 2.04. The average Bonchev–Trinajstić information content (AvgIpc) is 3.03. The first-order valence-corrected chi connectivity index (χ1v) is 7.18. The summed E-state index contributed by atoms with van der Waals surface area (Å²) in [6.07, 6.45) is 4.68. The van der Waals surface area contributed by atoms with Crippen molar-refractivity contribution in [1.82, 2.24) is 15.3 Å². The predicted molar refractivity (Wildman–Crippen MR) is 81.1 cm³/mol. The number of alkyl carbamates (subject to hydrolysis) is 1. The second-order valence-corrected chi connectivity index (χ2v) is 5.01. The molecule has 2 rings (SSSR count). The molecule has 2 aromatic rings. The molecule has 0 fully saturated rings. The summed E-state index contributed by atoms with van der Waals surface area (Å²) in [6.45, 7) is 3.06. The van der Waals surface area contributed by atoms with Crippen LogP contribution in [0.2, 0.25) is 0 Å². The van der Waals surface area contributed by atoms with Gasteiger partial charge in [-0.25, -0.2) is 9.78 Å². The van der Waals surface area contributed by atoms with E-state index in [1.54, 1.807) is 12.5 Å². The molecule has 0 saturated heterocycles. The molecular weight excluding hydrogens is 266 g/mol. The second-order valence-electron chi connectivity index (χ2n) is 5.01. The monoisotopic (exact) mass is 287 g/mol. The molecule has 1 heterocycles. The molecule has 0 radical (unpaired) electrons. The number of benzene rings is 1. The van der Waals surface area contributed by atoms with Crippen LogP contribution in [0.25, 0.3) is 0 Å². The van der Waals surface area contributed by atoms with Gasteiger partial charge in [0.15, 0.2) is 0 Å². The van der Waals surface area contributed by atoms with Crippen molar-refractivity contribution < 1.29 is 9.53 Å². The zero-order valence-corrected chi connectivity index (χ0v) is 12.2. The first kappa shape index (κ1) is 15.1. The minimum Gasteiger partial charge on any atom is -0.450 e. The molecule has 112 valence electrons. The topological polar surface area (TPSA) is 67.0 Å². The van der Waals surface area contributed by atoms with Gasteiger partial charge in [0, 0.05) is 18.4 Å². The van der Waals surface area contributed by atoms with E-state index < -0.39 is 0 Å². The van der Waals surface area contributed by atoms with E-state index in [0.717, 1.165) is 18.5 Å². The van der Waals surface area contributed by atoms with Crippen molar-refractivity contribution in [1.29, 1.82) is 0 Å². The number of aryl methyl sites for hydroxylation is 1. The van der Waals surface area contributed by atoms with Crippen LogP contribution in [0, 0.1) is 0 Å². The Kier molecular flexibility index (Phi) is 5.82. The molecule has 5 heteroatoms. The van der Waals surface area contributed by atoms with Crippen LogP contribution in [-0.4, -0.2) is 29.2 Å². The summed E-state index contributed by atoms with van der Waals surface area (Å²) in [6, 6.07) is 10.1. The van der Waals surface area contributed by atoms with E-state index in [9.17, 15) is 4.79 Å². The number of nitrogens with one attached hydrogen (secondary N) is 2. The highest BCUT2D eigenvalue weighted by atomic mass is 16.5. The van der Waals surface area contributed by atoms with Crippen LogP contribution in [0.15, 0.2) is 42.9 Å². The number of hydrogen-bond acceptors (Lipinski definition) is 3. The lowest BCUT2D eigenvalue weighted by molar-refractivity contribution is 0.144. The van der Waals surface area contributed by atoms with Gasteiger partial charge in [-0.15, -0.1) is 0 Å². The summed E-state index contributed by atoms with van der Waals surface area (Å²) in [4.78, 5) is 18.5. The molecule has 1 amide bonds. The number of amides is 1. The number of carbonyl (C=O) groups excluding carboxylic acids is 1. The number of ether oxygens (including phenoxy) is 1. The van der Waals surface area contributed by atoms with E-state index in [4.69, 9.17) is 4.74 Å². The van der Waals surface area contributed by atoms with Crippen molar-refractivity contribution in [3.05, 3.63) is 54.1 Å². The smallest absolute Gasteiger partial charge is 0.407 e. The highest BCUT2D eigenvalue weighted by Gasteiger charge is 2.08. The van der Waals surface area contributed by atoms with Gasteiger partial charge >= 0.3 is 6.09 Å². The number of rotatable bonds is 7. The first-order chi connectivity index (χ1) is 10.3. The minimum atomic E-state index is -0.359. The summed E-state index contributed by atoms with van der Waals surface area (Å²) in [5.74, 6) is 0.267. The minimum absolute atomic E-state index is 0.267. The van der Waals surface area contributed by atoms with E-state index in [-0.39, 0.29) is 12.0 Å². The van der Waals surface area contributed by atoms with Gasteiger partial charge in [-0.05, 0) is 24.3 Å². The maximum atomic E-state index is 11.6. The SMILES string of the molecule is CC(CNC(=O)OCCCc1cnc[nH]1)c1ccccc1. The third-order valence-corrected chi connectivity index (χ3v) is 3.30. The van der Waals surface area contributed by atoms with Gasteiger partial charge in [0.05, 0.1) is 12.9 Å². The molecule has 0 spiro atoms. The number of aromatic nitrogens is 2. The largest absolute Gasteiger partial charge is 0.450 e. The number of imidazole rings is 1. The molecule has 0 aliphatic carbocycles. The van der Waals surface area contributed by atoms with Gasteiger partial charge in [-0.3, -0.25) is 0 Å². The normalized spacial score (nSPS) is 11.9. The van der Waals surface area contributed by atoms with Gasteiger partial charge in [0.25, 0.3) is 0 Å². The van der Waals surface area contributed by atoms with Gasteiger partial charge in [-0.2, -0.15) is 0 Å². The van der Waals surface area contributed by atoms with E-state index in [0.29, 0.717) is 13.2 Å². The van der Waals surface area contributed by atoms with Crippen LogP contribution in [0.5, 0.6) is 0 Å². The van der Waals surface area contributed by atoms with Crippen molar-refractivity contribution in [2.75, 3.05) is 13.2 Å². The molecule has 2 N–H and O–H groups in total. The number of carbonyl (C=O) groups is 1. The Labute approximate surface area is 124 Å². The summed E-state index contributed by atoms with van der Waals surface area (Å²) in [7, 11) is 0. The van der Waals surface area contributed by atoms with E-state index in [1.165, 1.54) is 5.56 Å². The maximum Gasteiger partial charge on any atom is 0.407 e. The lowest BCUT2D eigenvalue weighted by Crippen LogP contribution is -2.28. The lowest BCUT2D eigenvalue weighted by atomic mass is 10.0. The van der Waals surface area contributed by atoms with Crippen molar-refractivity contribution >= 4 is 6.09 Å². The lowest BCUT2D eigenvalue weighted by Gasteiger charge is -2.13. The van der Waals surface area contributed by atoms with E-state index in [2.05, 4.69) is 34.3 Å². The molecule has 5 nitrogen and oxygen atoms in total. The third-order valence-electron chi connectivity index (χ3n) is 3.30. The van der Waals surface area contributed by atoms with Crippen LogP contribution < -0.4 is 5.32 Å². The first-order valence-electron chi connectivity index (χ1n) is 7.18. The Bertz CT molecular complexity index is 526. The van der Waals surface area contributed by atoms with E-state index in [1.807, 2.05) is 18.2 Å². The van der Waals surface area contributed by atoms with Gasteiger partial charge in [0.1, 0.15) is 0 Å². The zero-order chi connectivity index (χ0) is 14.9. The molecule has 1 aromatic heterocycles. The molecule has 0 aliphatic heterocycles. The standard InChI is InChI=1S/C16H21N3O2/c1-13(14-6-3-2-4-7-14)10-18-16(20)21-9-5-8-15-11-17-12-19-15/h2-4,6-7,11-13H,5,8-10H2,1H3,(H,17,19)(H,18,20). The average molecular weight is 287 g/mol. The van der Waals surface area contributed by atoms with Crippen molar-refractivity contribution in [3.63, 3.8) is 0 Å². The van der Waals surface area contributed by atoms with E-state index >= 15 is 0 Å². The molecule has 21 heavy (non-hydrogen) atoms. The maximum absolute atomic E-state index is 11.6. The Hall–Kier alpha value is -2.30. The summed E-state index contributed by atoms with van der Waals surface area (Å²) in [5.41, 5.74) is 2.26. The summed E-state index contributed by atoms with van der Waals surface area (Å²) in [5, 5.41) is 2.79. The number of nitrogens with zero attached hydrogens (tertiary/aromatic N) is 1. The third kappa shape index (κ3) is 5.30. The molecule has 0 bridgehead atoms. The molecule has 1 atom stereocenters. The van der Waals surface area contributed by atoms with Crippen LogP contribution in [0.3, 0.4) is 0 Å². The highest BCUT2D eigenvalue weighted by Crippen LogP contribution is 2.12. The van der Waals surface area contributed by atoms with Crippen LogP contribution >= 0.6 is 0 Å². The van der Waals surface area contributed by atoms with Crippen LogP contribution in [0.4, 0.5) is 4.79 Å². The zero-order valence-electron chi connectivity index (χ0n) is 12.2. The van der Waals surface area contributed by atoms with Crippen molar-refractivity contribution in [2.45, 2.75) is 25.7 Å². The van der Waals surface area contributed by atoms with Gasteiger partial charge < -0.3 is 15.0 Å². The highest BCUT2D eigenvalue weighted by molar-refractivity contribution is 5.67. The Morgan fingerprint density at radius 2 is 2.19 bits per heavy atom. The predicted octanol–water partition coefficient (Wildman–Crippen LogP) is 2.87. The summed E-state index contributed by atoms with van der Waals surface area (Å²) < 4.78 is 5.14. The van der Waals surface area contributed by atoms with Gasteiger partial charge in [-0.1, -0.05) is 37.3 Å². The molecular formula is C16H21N3O2. The number of H-pyrrole nitrogens is 1. The fraction of sp³-hybridized carbons (Fsp3) is 0.375. The molecule has 1 aromatic carbocycles. The Balaban J connectivity index is 1.59. The van der Waals surface area contributed by atoms with Gasteiger partial charge in [0.2, 0.25) is 0 Å². The summed E-state index contributed by atoms with van der Waals surface area (Å²) >= 11 is 0. The molecule has 1 unspecified atom stereocenters. The number of aromatic amines is 1. The molecule has 0 aliphatic rings. The quantitative estimate of drug-likeness (QED) is 0.769. The fourth-order valence-corrected chi connectivity index (χ4v) is 2.04.